The van der Waals surface area contributed by atoms with Gasteiger partial charge in [0, 0.05) is 30.6 Å². The minimum atomic E-state index is -4.38. The summed E-state index contributed by atoms with van der Waals surface area (Å²) in [6.45, 7) is 3.73. The highest BCUT2D eigenvalue weighted by Gasteiger charge is 2.35. The van der Waals surface area contributed by atoms with Crippen LogP contribution in [0.25, 0.3) is 0 Å². The van der Waals surface area contributed by atoms with Crippen molar-refractivity contribution >= 4 is 39.1 Å². The van der Waals surface area contributed by atoms with Crippen molar-refractivity contribution in [3.05, 3.63) is 113 Å². The van der Waals surface area contributed by atoms with E-state index in [-0.39, 0.29) is 35.2 Å². The molecule has 0 fully saturated rings. The first kappa shape index (κ1) is 36.1. The number of carbonyl (C=O) groups is 2. The van der Waals surface area contributed by atoms with Crippen LogP contribution in [0.3, 0.4) is 0 Å². The summed E-state index contributed by atoms with van der Waals surface area (Å²) in [5.74, 6) is 0.0977. The number of nitrogens with one attached hydrogen (secondary N) is 1. The molecule has 254 valence electrons. The number of benzene rings is 4. The molecule has 4 rings (SSSR count). The van der Waals surface area contributed by atoms with Gasteiger partial charge in [0.05, 0.1) is 31.4 Å². The maximum absolute atomic E-state index is 14.6. The van der Waals surface area contributed by atoms with Crippen LogP contribution in [0, 0.1) is 0 Å². The Balaban J connectivity index is 1.83. The minimum Gasteiger partial charge on any atom is -0.494 e. The fourth-order valence-corrected chi connectivity index (χ4v) is 6.79. The summed E-state index contributed by atoms with van der Waals surface area (Å²) in [4.78, 5) is 29.5. The van der Waals surface area contributed by atoms with Gasteiger partial charge in [-0.2, -0.15) is 0 Å². The van der Waals surface area contributed by atoms with Gasteiger partial charge >= 0.3 is 0 Å². The average Bonchev–Trinajstić information content (AvgIpc) is 3.10. The van der Waals surface area contributed by atoms with Crippen molar-refractivity contribution in [1.29, 1.82) is 0 Å². The number of nitrogens with zero attached hydrogens (tertiary/aromatic N) is 2. The molecule has 2 amide bonds. The summed E-state index contributed by atoms with van der Waals surface area (Å²) < 4.78 is 46.1. The Labute approximate surface area is 287 Å². The maximum Gasteiger partial charge on any atom is 0.264 e. The molecule has 0 saturated carbocycles. The Morgan fingerprint density at radius 1 is 0.854 bits per heavy atom. The molecule has 0 aliphatic carbocycles. The number of ether oxygens (including phenoxy) is 3. The molecular formula is C36H40ClN3O7S. The van der Waals surface area contributed by atoms with Gasteiger partial charge in [0.1, 0.15) is 18.3 Å². The molecule has 1 N–H and O–H groups in total. The highest BCUT2D eigenvalue weighted by atomic mass is 35.5. The zero-order valence-corrected chi connectivity index (χ0v) is 29.0. The van der Waals surface area contributed by atoms with Crippen LogP contribution in [0.1, 0.15) is 25.0 Å². The Morgan fingerprint density at radius 2 is 1.52 bits per heavy atom. The van der Waals surface area contributed by atoms with Crippen molar-refractivity contribution < 1.29 is 32.2 Å². The number of halogens is 1. The van der Waals surface area contributed by atoms with Crippen LogP contribution < -0.4 is 23.8 Å². The van der Waals surface area contributed by atoms with E-state index in [4.69, 9.17) is 25.8 Å². The van der Waals surface area contributed by atoms with Gasteiger partial charge in [-0.05, 0) is 67.4 Å². The molecule has 4 aromatic carbocycles. The van der Waals surface area contributed by atoms with Crippen molar-refractivity contribution in [2.75, 3.05) is 38.2 Å². The lowest BCUT2D eigenvalue weighted by Crippen LogP contribution is -2.53. The molecule has 0 saturated heterocycles. The topological polar surface area (TPSA) is 114 Å². The fourth-order valence-electron chi connectivity index (χ4n) is 5.16. The number of sulfonamides is 1. The molecule has 48 heavy (non-hydrogen) atoms. The summed E-state index contributed by atoms with van der Waals surface area (Å²) in [5.41, 5.74) is 1.65. The number of anilines is 1. The molecule has 12 heteroatoms. The third-order valence-corrected chi connectivity index (χ3v) is 9.72. The molecule has 0 aliphatic rings. The van der Waals surface area contributed by atoms with E-state index in [0.717, 1.165) is 9.87 Å². The van der Waals surface area contributed by atoms with Crippen LogP contribution in [-0.2, 0) is 32.6 Å². The lowest BCUT2D eigenvalue weighted by Gasteiger charge is -2.34. The largest absolute Gasteiger partial charge is 0.494 e. The van der Waals surface area contributed by atoms with Crippen molar-refractivity contribution in [3.63, 3.8) is 0 Å². The quantitative estimate of drug-likeness (QED) is 0.160. The SMILES string of the molecule is CCNC(=O)[C@@H](Cc1ccccc1)N(Cc1ccccc1Cl)C(=O)CN(c1ccc(OCC)cc1)S(=O)(=O)c1ccc(OC)c(OC)c1. The average molecular weight is 694 g/mol. The molecular weight excluding hydrogens is 654 g/mol. The lowest BCUT2D eigenvalue weighted by atomic mass is 10.0. The van der Waals surface area contributed by atoms with Gasteiger partial charge in [0.15, 0.2) is 11.5 Å². The minimum absolute atomic E-state index is 0.0410. The van der Waals surface area contributed by atoms with E-state index in [1.165, 1.54) is 37.3 Å². The molecule has 10 nitrogen and oxygen atoms in total. The summed E-state index contributed by atoms with van der Waals surface area (Å²) in [6, 6.07) is 26.0. The second kappa shape index (κ2) is 16.9. The normalized spacial score (nSPS) is 11.7. The number of rotatable bonds is 16. The Hall–Kier alpha value is -4.74. The molecule has 4 aromatic rings. The van der Waals surface area contributed by atoms with E-state index in [9.17, 15) is 18.0 Å². The van der Waals surface area contributed by atoms with Gasteiger partial charge in [-0.3, -0.25) is 13.9 Å². The number of likely N-dealkylation sites (N-methyl/N-ethyl adjacent to an activating group) is 1. The Kier molecular flexibility index (Phi) is 12.7. The predicted molar refractivity (Wildman–Crippen MR) is 186 cm³/mol. The van der Waals surface area contributed by atoms with Gasteiger partial charge < -0.3 is 24.4 Å². The Bertz CT molecular complexity index is 1790. The fraction of sp³-hybridized carbons (Fsp3) is 0.278. The van der Waals surface area contributed by atoms with E-state index in [2.05, 4.69) is 5.32 Å². The second-order valence-electron chi connectivity index (χ2n) is 10.7. The first-order chi connectivity index (χ1) is 23.1. The summed E-state index contributed by atoms with van der Waals surface area (Å²) in [5, 5.41) is 3.26. The van der Waals surface area contributed by atoms with Gasteiger partial charge in [0.2, 0.25) is 11.8 Å². The van der Waals surface area contributed by atoms with Crippen LogP contribution in [0.5, 0.6) is 17.2 Å². The Morgan fingerprint density at radius 3 is 2.15 bits per heavy atom. The van der Waals surface area contributed by atoms with E-state index in [1.807, 2.05) is 37.3 Å². The molecule has 0 aromatic heterocycles. The van der Waals surface area contributed by atoms with Gasteiger partial charge in [0.25, 0.3) is 10.0 Å². The van der Waals surface area contributed by atoms with E-state index < -0.39 is 28.5 Å². The first-order valence-electron chi connectivity index (χ1n) is 15.4. The highest BCUT2D eigenvalue weighted by molar-refractivity contribution is 7.92. The van der Waals surface area contributed by atoms with Gasteiger partial charge in [-0.25, -0.2) is 8.42 Å². The van der Waals surface area contributed by atoms with Crippen molar-refractivity contribution in [1.82, 2.24) is 10.2 Å². The number of carbonyl (C=O) groups excluding carboxylic acids is 2. The standard InChI is InChI=1S/C36H40ClN3O7S/c1-5-38-36(42)32(22-26-12-8-7-9-13-26)39(24-27-14-10-11-15-31(27)37)35(41)25-40(28-16-18-29(19-17-28)47-6-2)48(43,44)30-20-21-33(45-3)34(23-30)46-4/h7-21,23,32H,5-6,22,24-25H2,1-4H3,(H,38,42)/t32-/m1/s1. The molecule has 1 atom stereocenters. The van der Waals surface area contributed by atoms with Crippen LogP contribution in [0.2, 0.25) is 5.02 Å². The third-order valence-electron chi connectivity index (χ3n) is 7.58. The number of methoxy groups -OCH3 is 2. The molecule has 0 radical (unpaired) electrons. The second-order valence-corrected chi connectivity index (χ2v) is 12.9. The molecule has 0 aliphatic heterocycles. The number of hydrogen-bond acceptors (Lipinski definition) is 7. The van der Waals surface area contributed by atoms with E-state index in [0.29, 0.717) is 35.2 Å². The summed E-state index contributed by atoms with van der Waals surface area (Å²) in [6.07, 6.45) is 0.189. The van der Waals surface area contributed by atoms with E-state index >= 15 is 0 Å². The zero-order valence-electron chi connectivity index (χ0n) is 27.4. The van der Waals surface area contributed by atoms with Crippen molar-refractivity contribution in [2.45, 2.75) is 37.8 Å². The van der Waals surface area contributed by atoms with Crippen LogP contribution in [-0.4, -0.2) is 65.1 Å². The lowest BCUT2D eigenvalue weighted by molar-refractivity contribution is -0.140. The smallest absolute Gasteiger partial charge is 0.264 e. The predicted octanol–water partition coefficient (Wildman–Crippen LogP) is 5.73. The van der Waals surface area contributed by atoms with Crippen molar-refractivity contribution in [3.8, 4) is 17.2 Å². The zero-order chi connectivity index (χ0) is 34.7. The van der Waals surface area contributed by atoms with Gasteiger partial charge in [-0.1, -0.05) is 60.1 Å². The van der Waals surface area contributed by atoms with Crippen LogP contribution in [0.15, 0.2) is 102 Å². The third kappa shape index (κ3) is 8.78. The molecule has 0 heterocycles. The van der Waals surface area contributed by atoms with Crippen LogP contribution >= 0.6 is 11.6 Å². The number of hydrogen-bond donors (Lipinski definition) is 1. The number of amides is 2. The highest BCUT2D eigenvalue weighted by Crippen LogP contribution is 2.33. The van der Waals surface area contributed by atoms with Crippen molar-refractivity contribution in [2.24, 2.45) is 0 Å². The monoisotopic (exact) mass is 693 g/mol. The van der Waals surface area contributed by atoms with E-state index in [1.54, 1.807) is 55.5 Å². The summed E-state index contributed by atoms with van der Waals surface area (Å²) in [7, 11) is -1.52. The molecule has 0 unspecified atom stereocenters. The van der Waals surface area contributed by atoms with Crippen LogP contribution in [0.4, 0.5) is 5.69 Å². The summed E-state index contributed by atoms with van der Waals surface area (Å²) >= 11 is 6.55. The molecule has 0 spiro atoms. The molecule has 0 bridgehead atoms. The maximum atomic E-state index is 14.6. The first-order valence-corrected chi connectivity index (χ1v) is 17.3. The van der Waals surface area contributed by atoms with Gasteiger partial charge in [-0.15, -0.1) is 0 Å².